The second-order valence-corrected chi connectivity index (χ2v) is 8.31. The molecule has 0 bridgehead atoms. The number of carbonyl (C=O) groups is 2. The van der Waals surface area contributed by atoms with E-state index >= 15 is 0 Å². The number of nitrogens with one attached hydrogen (secondary N) is 2. The summed E-state index contributed by atoms with van der Waals surface area (Å²) in [6, 6.07) is 0.633. The van der Waals surface area contributed by atoms with Crippen LogP contribution in [0.3, 0.4) is 0 Å². The van der Waals surface area contributed by atoms with Crippen LogP contribution in [-0.2, 0) is 9.53 Å². The maximum absolute atomic E-state index is 12.2. The minimum Gasteiger partial charge on any atom is -0.444 e. The van der Waals surface area contributed by atoms with Gasteiger partial charge in [0.05, 0.1) is 12.6 Å². The van der Waals surface area contributed by atoms with E-state index in [1.165, 1.54) is 0 Å². The van der Waals surface area contributed by atoms with E-state index in [2.05, 4.69) is 20.5 Å². The van der Waals surface area contributed by atoms with Crippen LogP contribution in [0.25, 0.3) is 0 Å². The van der Waals surface area contributed by atoms with Crippen molar-refractivity contribution < 1.29 is 14.3 Å². The van der Waals surface area contributed by atoms with Gasteiger partial charge >= 0.3 is 6.09 Å². The Kier molecular flexibility index (Phi) is 5.58. The van der Waals surface area contributed by atoms with Crippen LogP contribution in [0.1, 0.15) is 46.5 Å². The molecule has 2 fully saturated rings. The minimum atomic E-state index is -0.473. The Labute approximate surface area is 155 Å². The third-order valence-corrected chi connectivity index (χ3v) is 4.66. The molecular formula is C18H31N5O3. The molecule has 2 amide bonds. The summed E-state index contributed by atoms with van der Waals surface area (Å²) in [6.07, 6.45) is 3.34. The molecule has 1 aliphatic carbocycles. The molecule has 2 aliphatic heterocycles. The van der Waals surface area contributed by atoms with Gasteiger partial charge in [0.1, 0.15) is 5.60 Å². The third kappa shape index (κ3) is 5.25. The zero-order valence-corrected chi connectivity index (χ0v) is 16.1. The standard InChI is InChI=1S/C18H31N5O3/c1-18(2,3)26-17(25)22-9-10-23-14(12-22)11-20-16(23)19-8-4-5-15(24)21-13-6-7-13/h13-14H,4-12H2,1-3H3,(H,19,20)(H,21,24). The van der Waals surface area contributed by atoms with Gasteiger partial charge in [-0.1, -0.05) is 0 Å². The van der Waals surface area contributed by atoms with Gasteiger partial charge in [-0.05, 0) is 40.0 Å². The number of guanidine groups is 1. The topological polar surface area (TPSA) is 86.3 Å². The van der Waals surface area contributed by atoms with E-state index in [-0.39, 0.29) is 18.0 Å². The Morgan fingerprint density at radius 2 is 2.04 bits per heavy atom. The van der Waals surface area contributed by atoms with Gasteiger partial charge in [-0.25, -0.2) is 4.79 Å². The summed E-state index contributed by atoms with van der Waals surface area (Å²) >= 11 is 0. The van der Waals surface area contributed by atoms with Crippen molar-refractivity contribution >= 4 is 18.0 Å². The van der Waals surface area contributed by atoms with Gasteiger partial charge < -0.3 is 25.2 Å². The molecule has 0 aromatic heterocycles. The van der Waals surface area contributed by atoms with Gasteiger partial charge in [-0.2, -0.15) is 0 Å². The van der Waals surface area contributed by atoms with E-state index in [4.69, 9.17) is 4.74 Å². The van der Waals surface area contributed by atoms with Crippen LogP contribution in [0.5, 0.6) is 0 Å². The van der Waals surface area contributed by atoms with E-state index in [1.54, 1.807) is 4.90 Å². The molecule has 1 saturated heterocycles. The smallest absolute Gasteiger partial charge is 0.410 e. The number of hydrogen-bond donors (Lipinski definition) is 2. The molecule has 1 atom stereocenters. The SMILES string of the molecule is CC(C)(C)OC(=O)N1CCN2C(NCCCC(=O)NC3CC3)=NCC2C1. The number of carbonyl (C=O) groups excluding carboxylic acids is 2. The minimum absolute atomic E-state index is 0.145. The number of piperazine rings is 1. The van der Waals surface area contributed by atoms with Crippen molar-refractivity contribution in [3.05, 3.63) is 0 Å². The lowest BCUT2D eigenvalue weighted by molar-refractivity contribution is -0.121. The van der Waals surface area contributed by atoms with Gasteiger partial charge in [0.25, 0.3) is 0 Å². The first-order valence-corrected chi connectivity index (χ1v) is 9.64. The van der Waals surface area contributed by atoms with E-state index in [0.717, 1.165) is 38.3 Å². The van der Waals surface area contributed by atoms with Crippen molar-refractivity contribution in [3.8, 4) is 0 Å². The molecule has 0 spiro atoms. The van der Waals surface area contributed by atoms with Gasteiger partial charge in [0.2, 0.25) is 5.91 Å². The lowest BCUT2D eigenvalue weighted by Crippen LogP contribution is -2.57. The average Bonchev–Trinajstić information content (AvgIpc) is 3.27. The van der Waals surface area contributed by atoms with Gasteiger partial charge in [0.15, 0.2) is 5.96 Å². The Hall–Kier alpha value is -1.99. The molecule has 1 saturated carbocycles. The fourth-order valence-corrected chi connectivity index (χ4v) is 3.20. The molecule has 8 nitrogen and oxygen atoms in total. The number of amides is 2. The monoisotopic (exact) mass is 365 g/mol. The predicted octanol–water partition coefficient (Wildman–Crippen LogP) is 0.926. The predicted molar refractivity (Wildman–Crippen MR) is 99.0 cm³/mol. The highest BCUT2D eigenvalue weighted by Crippen LogP contribution is 2.19. The number of fused-ring (bicyclic) bond motifs is 1. The van der Waals surface area contributed by atoms with Gasteiger partial charge in [-0.3, -0.25) is 9.79 Å². The molecule has 146 valence electrons. The molecule has 0 radical (unpaired) electrons. The van der Waals surface area contributed by atoms with Crippen molar-refractivity contribution in [1.82, 2.24) is 20.4 Å². The molecule has 0 aromatic rings. The molecule has 0 aromatic carbocycles. The lowest BCUT2D eigenvalue weighted by Gasteiger charge is -2.39. The summed E-state index contributed by atoms with van der Waals surface area (Å²) in [6.45, 7) is 9.08. The van der Waals surface area contributed by atoms with Crippen LogP contribution in [0.15, 0.2) is 4.99 Å². The van der Waals surface area contributed by atoms with E-state index < -0.39 is 5.60 Å². The second-order valence-electron chi connectivity index (χ2n) is 8.31. The summed E-state index contributed by atoms with van der Waals surface area (Å²) in [5, 5.41) is 6.35. The molecular weight excluding hydrogens is 334 g/mol. The maximum atomic E-state index is 12.2. The molecule has 3 aliphatic rings. The van der Waals surface area contributed by atoms with E-state index in [1.807, 2.05) is 20.8 Å². The average molecular weight is 365 g/mol. The quantitative estimate of drug-likeness (QED) is 0.708. The van der Waals surface area contributed by atoms with Crippen molar-refractivity contribution in [1.29, 1.82) is 0 Å². The number of hydrogen-bond acceptors (Lipinski definition) is 6. The summed E-state index contributed by atoms with van der Waals surface area (Å²) < 4.78 is 5.46. The van der Waals surface area contributed by atoms with Crippen LogP contribution in [0, 0.1) is 0 Å². The Morgan fingerprint density at radius 1 is 1.27 bits per heavy atom. The molecule has 3 rings (SSSR count). The maximum Gasteiger partial charge on any atom is 0.410 e. The Bertz CT molecular complexity index is 568. The normalized spacial score (nSPS) is 22.6. The van der Waals surface area contributed by atoms with Crippen LogP contribution in [0.2, 0.25) is 0 Å². The lowest BCUT2D eigenvalue weighted by atomic mass is 10.2. The first-order chi connectivity index (χ1) is 12.3. The number of aliphatic imine (C=N–C) groups is 1. The third-order valence-electron chi connectivity index (χ3n) is 4.66. The molecule has 8 heteroatoms. The molecule has 1 unspecified atom stereocenters. The van der Waals surface area contributed by atoms with Crippen molar-refractivity contribution in [2.75, 3.05) is 32.7 Å². The molecule has 2 N–H and O–H groups in total. The Balaban J connectivity index is 1.36. The number of rotatable bonds is 5. The molecule has 26 heavy (non-hydrogen) atoms. The van der Waals surface area contributed by atoms with E-state index in [9.17, 15) is 9.59 Å². The van der Waals surface area contributed by atoms with Crippen LogP contribution in [-0.4, -0.2) is 78.2 Å². The number of nitrogens with zero attached hydrogens (tertiary/aromatic N) is 3. The van der Waals surface area contributed by atoms with Crippen LogP contribution < -0.4 is 10.6 Å². The fraction of sp³-hybridized carbons (Fsp3) is 0.833. The van der Waals surface area contributed by atoms with Crippen molar-refractivity contribution in [2.45, 2.75) is 64.1 Å². The highest BCUT2D eigenvalue weighted by atomic mass is 16.6. The van der Waals surface area contributed by atoms with Crippen molar-refractivity contribution in [2.24, 2.45) is 4.99 Å². The van der Waals surface area contributed by atoms with E-state index in [0.29, 0.717) is 32.1 Å². The van der Waals surface area contributed by atoms with Crippen LogP contribution >= 0.6 is 0 Å². The summed E-state index contributed by atoms with van der Waals surface area (Å²) in [7, 11) is 0. The summed E-state index contributed by atoms with van der Waals surface area (Å²) in [5.41, 5.74) is -0.473. The first-order valence-electron chi connectivity index (χ1n) is 9.64. The zero-order valence-electron chi connectivity index (χ0n) is 16.1. The largest absolute Gasteiger partial charge is 0.444 e. The second kappa shape index (κ2) is 7.72. The highest BCUT2D eigenvalue weighted by molar-refractivity contribution is 5.82. The van der Waals surface area contributed by atoms with Gasteiger partial charge in [-0.15, -0.1) is 0 Å². The fourth-order valence-electron chi connectivity index (χ4n) is 3.20. The summed E-state index contributed by atoms with van der Waals surface area (Å²) in [4.78, 5) is 32.5. The molecule has 2 heterocycles. The highest BCUT2D eigenvalue weighted by Gasteiger charge is 2.36. The van der Waals surface area contributed by atoms with Crippen LogP contribution in [0.4, 0.5) is 4.79 Å². The Morgan fingerprint density at radius 3 is 2.73 bits per heavy atom. The van der Waals surface area contributed by atoms with Crippen molar-refractivity contribution in [3.63, 3.8) is 0 Å². The first kappa shape index (κ1) is 18.8. The number of ether oxygens (including phenoxy) is 1. The zero-order chi connectivity index (χ0) is 18.7. The summed E-state index contributed by atoms with van der Waals surface area (Å²) in [5.74, 6) is 1.04. The van der Waals surface area contributed by atoms with Gasteiger partial charge in [0, 0.05) is 38.6 Å².